The fraction of sp³-hybridized carbons (Fsp3) is 0.211. The topological polar surface area (TPSA) is 76.0 Å². The molecule has 3 rings (SSSR count). The zero-order valence-corrected chi connectivity index (χ0v) is 16.3. The second-order valence-electron chi connectivity index (χ2n) is 5.82. The summed E-state index contributed by atoms with van der Waals surface area (Å²) in [6, 6.07) is 15.2. The zero-order chi connectivity index (χ0) is 19.2. The van der Waals surface area contributed by atoms with Gasteiger partial charge < -0.3 is 9.88 Å². The number of hydrogen-bond acceptors (Lipinski definition) is 4. The maximum Gasteiger partial charge on any atom is 0.321 e. The SMILES string of the molecule is CNC(=O)NC(=O)CCSc1nc2cc(Cl)ccc2n1Cc1ccccc1. The summed E-state index contributed by atoms with van der Waals surface area (Å²) < 4.78 is 2.11. The van der Waals surface area contributed by atoms with Crippen molar-refractivity contribution >= 4 is 46.3 Å². The Morgan fingerprint density at radius 2 is 1.96 bits per heavy atom. The highest BCUT2D eigenvalue weighted by Gasteiger charge is 2.13. The van der Waals surface area contributed by atoms with E-state index in [4.69, 9.17) is 11.6 Å². The molecule has 0 unspecified atom stereocenters. The molecule has 0 aliphatic rings. The number of urea groups is 1. The Morgan fingerprint density at radius 1 is 1.19 bits per heavy atom. The normalized spacial score (nSPS) is 10.7. The number of rotatable bonds is 6. The number of halogens is 1. The number of benzene rings is 2. The minimum absolute atomic E-state index is 0.216. The van der Waals surface area contributed by atoms with Gasteiger partial charge in [-0.05, 0) is 23.8 Å². The van der Waals surface area contributed by atoms with Crippen LogP contribution in [-0.2, 0) is 11.3 Å². The largest absolute Gasteiger partial charge is 0.341 e. The molecule has 2 aromatic carbocycles. The minimum atomic E-state index is -0.504. The molecule has 0 spiro atoms. The Balaban J connectivity index is 1.78. The van der Waals surface area contributed by atoms with Gasteiger partial charge in [-0.3, -0.25) is 10.1 Å². The number of carbonyl (C=O) groups is 2. The molecule has 3 amide bonds. The van der Waals surface area contributed by atoms with Crippen LogP contribution in [-0.4, -0.2) is 34.3 Å². The molecule has 0 aliphatic carbocycles. The molecule has 140 valence electrons. The van der Waals surface area contributed by atoms with Crippen LogP contribution < -0.4 is 10.6 Å². The molecule has 27 heavy (non-hydrogen) atoms. The first-order valence-electron chi connectivity index (χ1n) is 8.41. The summed E-state index contributed by atoms with van der Waals surface area (Å²) in [4.78, 5) is 27.6. The molecule has 0 radical (unpaired) electrons. The predicted octanol–water partition coefficient (Wildman–Crippen LogP) is 3.68. The van der Waals surface area contributed by atoms with E-state index in [0.717, 1.165) is 21.8 Å². The number of amides is 3. The van der Waals surface area contributed by atoms with Crippen molar-refractivity contribution in [2.45, 2.75) is 18.1 Å². The van der Waals surface area contributed by atoms with Crippen LogP contribution in [0.4, 0.5) is 4.79 Å². The Kier molecular flexibility index (Phi) is 6.36. The molecule has 1 heterocycles. The van der Waals surface area contributed by atoms with Crippen molar-refractivity contribution in [2.24, 2.45) is 0 Å². The van der Waals surface area contributed by atoms with Crippen molar-refractivity contribution < 1.29 is 9.59 Å². The summed E-state index contributed by atoms with van der Waals surface area (Å²) in [6.07, 6.45) is 0.216. The van der Waals surface area contributed by atoms with Gasteiger partial charge in [0, 0.05) is 24.2 Å². The number of aromatic nitrogens is 2. The van der Waals surface area contributed by atoms with Gasteiger partial charge in [-0.1, -0.05) is 53.7 Å². The van der Waals surface area contributed by atoms with Gasteiger partial charge in [0.15, 0.2) is 5.16 Å². The van der Waals surface area contributed by atoms with Crippen LogP contribution >= 0.6 is 23.4 Å². The Labute approximate surface area is 166 Å². The molecule has 6 nitrogen and oxygen atoms in total. The van der Waals surface area contributed by atoms with Crippen molar-refractivity contribution in [3.63, 3.8) is 0 Å². The third kappa shape index (κ3) is 5.02. The highest BCUT2D eigenvalue weighted by molar-refractivity contribution is 7.99. The molecule has 0 aliphatic heterocycles. The van der Waals surface area contributed by atoms with Crippen LogP contribution in [0, 0.1) is 0 Å². The monoisotopic (exact) mass is 402 g/mol. The van der Waals surface area contributed by atoms with Crippen LogP contribution in [0.25, 0.3) is 11.0 Å². The zero-order valence-electron chi connectivity index (χ0n) is 14.7. The van der Waals surface area contributed by atoms with Crippen molar-refractivity contribution in [3.8, 4) is 0 Å². The highest BCUT2D eigenvalue weighted by atomic mass is 35.5. The minimum Gasteiger partial charge on any atom is -0.341 e. The third-order valence-electron chi connectivity index (χ3n) is 3.90. The van der Waals surface area contributed by atoms with E-state index < -0.39 is 6.03 Å². The van der Waals surface area contributed by atoms with Crippen molar-refractivity contribution in [1.82, 2.24) is 20.2 Å². The number of imidazole rings is 1. The van der Waals surface area contributed by atoms with Gasteiger partial charge in [-0.15, -0.1) is 0 Å². The van der Waals surface area contributed by atoms with Crippen LogP contribution in [0.2, 0.25) is 5.02 Å². The second kappa shape index (κ2) is 8.92. The highest BCUT2D eigenvalue weighted by Crippen LogP contribution is 2.27. The van der Waals surface area contributed by atoms with Crippen LogP contribution in [0.3, 0.4) is 0 Å². The third-order valence-corrected chi connectivity index (χ3v) is 5.11. The fourth-order valence-corrected chi connectivity index (χ4v) is 3.71. The molecule has 0 fully saturated rings. The van der Waals surface area contributed by atoms with Gasteiger partial charge in [0.1, 0.15) is 0 Å². The van der Waals surface area contributed by atoms with E-state index in [1.807, 2.05) is 36.4 Å². The van der Waals surface area contributed by atoms with Crippen molar-refractivity contribution in [3.05, 3.63) is 59.1 Å². The Morgan fingerprint density at radius 3 is 2.70 bits per heavy atom. The number of thioether (sulfide) groups is 1. The maximum absolute atomic E-state index is 11.8. The van der Waals surface area contributed by atoms with Crippen molar-refractivity contribution in [2.75, 3.05) is 12.8 Å². The number of nitrogens with one attached hydrogen (secondary N) is 2. The Hall–Kier alpha value is -2.51. The summed E-state index contributed by atoms with van der Waals surface area (Å²) in [5, 5.41) is 6.06. The second-order valence-corrected chi connectivity index (χ2v) is 7.32. The van der Waals surface area contributed by atoms with E-state index >= 15 is 0 Å². The quantitative estimate of drug-likeness (QED) is 0.617. The van der Waals surface area contributed by atoms with Crippen LogP contribution in [0.5, 0.6) is 0 Å². The number of nitrogens with zero attached hydrogens (tertiary/aromatic N) is 2. The summed E-state index contributed by atoms with van der Waals surface area (Å²) in [5.41, 5.74) is 2.96. The van der Waals surface area contributed by atoms with Crippen LogP contribution in [0.15, 0.2) is 53.7 Å². The average Bonchev–Trinajstić information content (AvgIpc) is 2.99. The van der Waals surface area contributed by atoms with E-state index in [1.54, 1.807) is 0 Å². The summed E-state index contributed by atoms with van der Waals surface area (Å²) in [6.45, 7) is 0.672. The van der Waals surface area contributed by atoms with Crippen LogP contribution in [0.1, 0.15) is 12.0 Å². The Bertz CT molecular complexity index is 959. The molecule has 1 aromatic heterocycles. The van der Waals surface area contributed by atoms with Gasteiger partial charge in [0.2, 0.25) is 5.91 Å². The van der Waals surface area contributed by atoms with E-state index in [2.05, 4.69) is 32.3 Å². The molecule has 8 heteroatoms. The first-order valence-corrected chi connectivity index (χ1v) is 9.77. The van der Waals surface area contributed by atoms with Gasteiger partial charge in [-0.2, -0.15) is 0 Å². The molecular weight excluding hydrogens is 384 g/mol. The van der Waals surface area contributed by atoms with E-state index in [-0.39, 0.29) is 12.3 Å². The van der Waals surface area contributed by atoms with E-state index in [1.165, 1.54) is 18.8 Å². The smallest absolute Gasteiger partial charge is 0.321 e. The number of carbonyl (C=O) groups excluding carboxylic acids is 2. The molecular formula is C19H19ClN4O2S. The van der Waals surface area contributed by atoms with E-state index in [9.17, 15) is 9.59 Å². The number of imide groups is 1. The van der Waals surface area contributed by atoms with Crippen molar-refractivity contribution in [1.29, 1.82) is 0 Å². The summed E-state index contributed by atoms with van der Waals surface area (Å²) in [5.74, 6) is 0.185. The van der Waals surface area contributed by atoms with Gasteiger partial charge >= 0.3 is 6.03 Å². The molecule has 0 atom stereocenters. The molecule has 0 saturated carbocycles. The first-order chi connectivity index (χ1) is 13.1. The standard InChI is InChI=1S/C19H19ClN4O2S/c1-21-18(26)23-17(25)9-10-27-19-22-15-11-14(20)7-8-16(15)24(19)12-13-5-3-2-4-6-13/h2-8,11H,9-10,12H2,1H3,(H2,21,23,25,26). The summed E-state index contributed by atoms with van der Waals surface area (Å²) in [7, 11) is 1.47. The maximum atomic E-state index is 11.8. The first kappa shape index (κ1) is 19.3. The molecule has 3 aromatic rings. The predicted molar refractivity (Wildman–Crippen MR) is 108 cm³/mol. The lowest BCUT2D eigenvalue weighted by Crippen LogP contribution is -2.37. The lowest BCUT2D eigenvalue weighted by molar-refractivity contribution is -0.119. The summed E-state index contributed by atoms with van der Waals surface area (Å²) >= 11 is 7.58. The number of fused-ring (bicyclic) bond motifs is 1. The van der Waals surface area contributed by atoms with Gasteiger partial charge in [0.25, 0.3) is 0 Å². The average molecular weight is 403 g/mol. The molecule has 0 bridgehead atoms. The molecule has 0 saturated heterocycles. The fourth-order valence-electron chi connectivity index (χ4n) is 2.60. The van der Waals surface area contributed by atoms with E-state index in [0.29, 0.717) is 17.3 Å². The van der Waals surface area contributed by atoms with Gasteiger partial charge in [-0.25, -0.2) is 9.78 Å². The number of hydrogen-bond donors (Lipinski definition) is 2. The molecule has 2 N–H and O–H groups in total. The van der Waals surface area contributed by atoms with Gasteiger partial charge in [0.05, 0.1) is 17.6 Å². The lowest BCUT2D eigenvalue weighted by atomic mass is 10.2. The lowest BCUT2D eigenvalue weighted by Gasteiger charge is -2.09.